The number of fused-ring (bicyclic) bond motifs is 1. The van der Waals surface area contributed by atoms with Crippen LogP contribution in [0.15, 0.2) is 36.4 Å². The normalized spacial score (nSPS) is 12.8. The molecule has 1 amide bonds. The predicted molar refractivity (Wildman–Crippen MR) is 90.2 cm³/mol. The van der Waals surface area contributed by atoms with Gasteiger partial charge in [-0.2, -0.15) is 0 Å². The van der Waals surface area contributed by atoms with Crippen molar-refractivity contribution in [3.05, 3.63) is 47.8 Å². The van der Waals surface area contributed by atoms with Gasteiger partial charge in [-0.25, -0.2) is 12.8 Å². The van der Waals surface area contributed by atoms with Crippen LogP contribution in [0.1, 0.15) is 10.4 Å². The molecule has 2 aromatic carbocycles. The Morgan fingerprint density at radius 3 is 2.60 bits per heavy atom. The topological polar surface area (TPSA) is 84.9 Å². The number of sulfonamides is 1. The van der Waals surface area contributed by atoms with E-state index < -0.39 is 21.7 Å². The maximum absolute atomic E-state index is 13.6. The zero-order valence-corrected chi connectivity index (χ0v) is 14.3. The van der Waals surface area contributed by atoms with Gasteiger partial charge in [-0.3, -0.25) is 9.10 Å². The molecule has 0 spiro atoms. The second-order valence-corrected chi connectivity index (χ2v) is 7.43. The van der Waals surface area contributed by atoms with E-state index in [2.05, 4.69) is 5.32 Å². The molecule has 9 heteroatoms. The van der Waals surface area contributed by atoms with Gasteiger partial charge in [-0.15, -0.1) is 0 Å². The molecular formula is C16H15FN2O5S. The van der Waals surface area contributed by atoms with Crippen LogP contribution >= 0.6 is 0 Å². The van der Waals surface area contributed by atoms with Gasteiger partial charge in [0.2, 0.25) is 16.8 Å². The largest absolute Gasteiger partial charge is 0.454 e. The Morgan fingerprint density at radius 2 is 1.88 bits per heavy atom. The second kappa shape index (κ2) is 6.25. The minimum atomic E-state index is -3.58. The summed E-state index contributed by atoms with van der Waals surface area (Å²) in [6.07, 6.45) is 1.01. The number of anilines is 2. The molecule has 3 rings (SSSR count). The number of hydrogen-bond donors (Lipinski definition) is 1. The Hall–Kier alpha value is -2.81. The maximum atomic E-state index is 13.6. The fraction of sp³-hybridized carbons (Fsp3) is 0.188. The molecule has 0 saturated heterocycles. The highest BCUT2D eigenvalue weighted by Gasteiger charge is 2.20. The van der Waals surface area contributed by atoms with Crippen molar-refractivity contribution in [2.75, 3.05) is 29.7 Å². The van der Waals surface area contributed by atoms with Crippen molar-refractivity contribution in [2.24, 2.45) is 0 Å². The summed E-state index contributed by atoms with van der Waals surface area (Å²) >= 11 is 0. The number of carbonyl (C=O) groups excluding carboxylic acids is 1. The summed E-state index contributed by atoms with van der Waals surface area (Å²) < 4.78 is 48.4. The lowest BCUT2D eigenvalue weighted by atomic mass is 10.1. The van der Waals surface area contributed by atoms with Crippen molar-refractivity contribution >= 4 is 27.3 Å². The van der Waals surface area contributed by atoms with E-state index in [0.29, 0.717) is 11.5 Å². The number of rotatable bonds is 4. The van der Waals surface area contributed by atoms with Crippen LogP contribution in [0, 0.1) is 5.82 Å². The zero-order valence-electron chi connectivity index (χ0n) is 13.4. The Kier molecular flexibility index (Phi) is 4.25. The van der Waals surface area contributed by atoms with Gasteiger partial charge in [0.05, 0.1) is 17.6 Å². The van der Waals surface area contributed by atoms with Crippen LogP contribution in [-0.4, -0.2) is 34.4 Å². The molecule has 1 heterocycles. The third-order valence-electron chi connectivity index (χ3n) is 3.68. The van der Waals surface area contributed by atoms with Gasteiger partial charge >= 0.3 is 0 Å². The summed E-state index contributed by atoms with van der Waals surface area (Å²) in [5.74, 6) is -0.182. The average Bonchev–Trinajstić information content (AvgIpc) is 3.01. The number of amides is 1. The first-order valence-electron chi connectivity index (χ1n) is 7.20. The molecule has 0 radical (unpaired) electrons. The zero-order chi connectivity index (χ0) is 18.2. The van der Waals surface area contributed by atoms with Crippen LogP contribution in [0.25, 0.3) is 0 Å². The first-order valence-corrected chi connectivity index (χ1v) is 9.05. The molecular weight excluding hydrogens is 351 g/mol. The summed E-state index contributed by atoms with van der Waals surface area (Å²) in [5, 5.41) is 2.53. The number of carbonyl (C=O) groups is 1. The Morgan fingerprint density at radius 1 is 1.16 bits per heavy atom. The smallest absolute Gasteiger partial charge is 0.255 e. The van der Waals surface area contributed by atoms with Gasteiger partial charge in [0.1, 0.15) is 5.82 Å². The Labute approximate surface area is 144 Å². The van der Waals surface area contributed by atoms with Crippen molar-refractivity contribution in [1.29, 1.82) is 0 Å². The van der Waals surface area contributed by atoms with Crippen molar-refractivity contribution in [3.63, 3.8) is 0 Å². The minimum absolute atomic E-state index is 0.0376. The van der Waals surface area contributed by atoms with Crippen LogP contribution in [0.2, 0.25) is 0 Å². The SMILES string of the molecule is CN(c1ccc(F)cc1NC(=O)c1ccc2c(c1)OCO2)S(C)(=O)=O. The lowest BCUT2D eigenvalue weighted by Crippen LogP contribution is -2.26. The number of nitrogens with zero attached hydrogens (tertiary/aromatic N) is 1. The molecule has 2 aromatic rings. The van der Waals surface area contributed by atoms with Crippen molar-refractivity contribution < 1.29 is 27.1 Å². The molecule has 0 saturated carbocycles. The van der Waals surface area contributed by atoms with E-state index in [1.807, 2.05) is 0 Å². The van der Waals surface area contributed by atoms with Crippen LogP contribution in [0.4, 0.5) is 15.8 Å². The first-order chi connectivity index (χ1) is 11.8. The lowest BCUT2D eigenvalue weighted by Gasteiger charge is -2.20. The highest BCUT2D eigenvalue weighted by atomic mass is 32.2. The molecule has 25 heavy (non-hydrogen) atoms. The molecule has 0 atom stereocenters. The summed E-state index contributed by atoms with van der Waals surface area (Å²) in [7, 11) is -2.26. The number of halogens is 1. The van der Waals surface area contributed by atoms with E-state index in [1.54, 1.807) is 6.07 Å². The summed E-state index contributed by atoms with van der Waals surface area (Å²) in [4.78, 5) is 12.5. The third kappa shape index (κ3) is 3.50. The second-order valence-electron chi connectivity index (χ2n) is 5.41. The summed E-state index contributed by atoms with van der Waals surface area (Å²) in [6.45, 7) is 0.0770. The maximum Gasteiger partial charge on any atom is 0.255 e. The van der Waals surface area contributed by atoms with E-state index in [-0.39, 0.29) is 23.7 Å². The predicted octanol–water partition coefficient (Wildman–Crippen LogP) is 2.20. The molecule has 0 unspecified atom stereocenters. The third-order valence-corrected chi connectivity index (χ3v) is 4.87. The number of nitrogens with one attached hydrogen (secondary N) is 1. The van der Waals surface area contributed by atoms with Crippen molar-refractivity contribution in [1.82, 2.24) is 0 Å². The molecule has 1 aliphatic rings. The summed E-state index contributed by atoms with van der Waals surface area (Å²) in [5.41, 5.74) is 0.454. The van der Waals surface area contributed by atoms with Crippen molar-refractivity contribution in [3.8, 4) is 11.5 Å². The van der Waals surface area contributed by atoms with E-state index >= 15 is 0 Å². The molecule has 0 bridgehead atoms. The Balaban J connectivity index is 1.92. The van der Waals surface area contributed by atoms with Crippen LogP contribution in [0.5, 0.6) is 11.5 Å². The van der Waals surface area contributed by atoms with Crippen LogP contribution < -0.4 is 19.1 Å². The van der Waals surface area contributed by atoms with E-state index in [4.69, 9.17) is 9.47 Å². The van der Waals surface area contributed by atoms with Gasteiger partial charge in [0, 0.05) is 12.6 Å². The number of ether oxygens (including phenoxy) is 2. The number of hydrogen-bond acceptors (Lipinski definition) is 5. The molecule has 132 valence electrons. The van der Waals surface area contributed by atoms with E-state index in [0.717, 1.165) is 22.7 Å². The average molecular weight is 366 g/mol. The molecule has 0 aromatic heterocycles. The summed E-state index contributed by atoms with van der Waals surface area (Å²) in [6, 6.07) is 8.08. The molecule has 1 aliphatic heterocycles. The standard InChI is InChI=1S/C16H15FN2O5S/c1-19(25(2,21)22)13-5-4-11(17)8-12(13)18-16(20)10-3-6-14-15(7-10)24-9-23-14/h3-8H,9H2,1-2H3,(H,18,20). The van der Waals surface area contributed by atoms with Gasteiger partial charge in [0.15, 0.2) is 11.5 Å². The molecule has 7 nitrogen and oxygen atoms in total. The monoisotopic (exact) mass is 366 g/mol. The van der Waals surface area contributed by atoms with Crippen LogP contribution in [0.3, 0.4) is 0 Å². The van der Waals surface area contributed by atoms with Gasteiger partial charge in [0.25, 0.3) is 5.91 Å². The van der Waals surface area contributed by atoms with E-state index in [9.17, 15) is 17.6 Å². The molecule has 0 aliphatic carbocycles. The van der Waals surface area contributed by atoms with Crippen LogP contribution in [-0.2, 0) is 10.0 Å². The van der Waals surface area contributed by atoms with Gasteiger partial charge in [-0.05, 0) is 36.4 Å². The fourth-order valence-electron chi connectivity index (χ4n) is 2.29. The highest BCUT2D eigenvalue weighted by Crippen LogP contribution is 2.33. The highest BCUT2D eigenvalue weighted by molar-refractivity contribution is 7.92. The number of benzene rings is 2. The fourth-order valence-corrected chi connectivity index (χ4v) is 2.81. The van der Waals surface area contributed by atoms with Gasteiger partial charge < -0.3 is 14.8 Å². The van der Waals surface area contributed by atoms with Crippen molar-refractivity contribution in [2.45, 2.75) is 0 Å². The quantitative estimate of drug-likeness (QED) is 0.897. The molecule has 1 N–H and O–H groups in total. The lowest BCUT2D eigenvalue weighted by molar-refractivity contribution is 0.102. The first kappa shape index (κ1) is 17.0. The molecule has 0 fully saturated rings. The Bertz CT molecular complexity index is 946. The van der Waals surface area contributed by atoms with E-state index in [1.165, 1.54) is 25.2 Å². The van der Waals surface area contributed by atoms with Gasteiger partial charge in [-0.1, -0.05) is 0 Å². The minimum Gasteiger partial charge on any atom is -0.454 e.